The van der Waals surface area contributed by atoms with Gasteiger partial charge in [-0.15, -0.1) is 0 Å². The van der Waals surface area contributed by atoms with E-state index in [9.17, 15) is 4.79 Å². The molecule has 4 heteroatoms. The van der Waals surface area contributed by atoms with E-state index >= 15 is 0 Å². The average molecular weight is 290 g/mol. The highest BCUT2D eigenvalue weighted by Gasteiger charge is 2.19. The van der Waals surface area contributed by atoms with E-state index in [4.69, 9.17) is 4.74 Å². The quantitative estimate of drug-likeness (QED) is 0.873. The van der Waals surface area contributed by atoms with Gasteiger partial charge in [0.05, 0.1) is 13.5 Å². The summed E-state index contributed by atoms with van der Waals surface area (Å²) in [6.07, 6.45) is 3.77. The number of nitrogens with zero attached hydrogens (tertiary/aromatic N) is 1. The van der Waals surface area contributed by atoms with Gasteiger partial charge < -0.3 is 15.0 Å². The van der Waals surface area contributed by atoms with Crippen molar-refractivity contribution in [2.45, 2.75) is 38.6 Å². The molecule has 116 valence electrons. The molecule has 0 spiro atoms. The van der Waals surface area contributed by atoms with Crippen molar-refractivity contribution in [1.29, 1.82) is 0 Å². The minimum absolute atomic E-state index is 0.120. The second-order valence-electron chi connectivity index (χ2n) is 5.71. The van der Waals surface area contributed by atoms with Crippen molar-refractivity contribution in [3.8, 4) is 5.75 Å². The SMILES string of the molecule is CCCN1CCC(NC(=O)Cc2ccc(OC)cc2)CC1. The summed E-state index contributed by atoms with van der Waals surface area (Å²) in [5.41, 5.74) is 1.02. The van der Waals surface area contributed by atoms with Crippen LogP contribution >= 0.6 is 0 Å². The fraction of sp³-hybridized carbons (Fsp3) is 0.588. The first-order valence-electron chi connectivity index (χ1n) is 7.86. The maximum absolute atomic E-state index is 12.1. The molecule has 1 aliphatic rings. The van der Waals surface area contributed by atoms with Crippen LogP contribution in [0.4, 0.5) is 0 Å². The van der Waals surface area contributed by atoms with E-state index in [1.807, 2.05) is 24.3 Å². The van der Waals surface area contributed by atoms with E-state index in [0.29, 0.717) is 12.5 Å². The summed E-state index contributed by atoms with van der Waals surface area (Å²) >= 11 is 0. The monoisotopic (exact) mass is 290 g/mol. The van der Waals surface area contributed by atoms with Crippen LogP contribution in [0.1, 0.15) is 31.7 Å². The average Bonchev–Trinajstić information content (AvgIpc) is 2.50. The lowest BCUT2D eigenvalue weighted by atomic mass is 10.0. The summed E-state index contributed by atoms with van der Waals surface area (Å²) in [6.45, 7) is 5.58. The molecule has 0 radical (unpaired) electrons. The van der Waals surface area contributed by atoms with Crippen LogP contribution in [0.5, 0.6) is 5.75 Å². The number of likely N-dealkylation sites (tertiary alicyclic amines) is 1. The standard InChI is InChI=1S/C17H26N2O2/c1-3-10-19-11-8-15(9-12-19)18-17(20)13-14-4-6-16(21-2)7-5-14/h4-7,15H,3,8-13H2,1-2H3,(H,18,20). The van der Waals surface area contributed by atoms with E-state index in [1.54, 1.807) is 7.11 Å². The normalized spacial score (nSPS) is 16.7. The number of hydrogen-bond donors (Lipinski definition) is 1. The first kappa shape index (κ1) is 15.8. The fourth-order valence-corrected chi connectivity index (χ4v) is 2.82. The number of methoxy groups -OCH3 is 1. The van der Waals surface area contributed by atoms with Gasteiger partial charge >= 0.3 is 0 Å². The van der Waals surface area contributed by atoms with Crippen LogP contribution in [0.3, 0.4) is 0 Å². The summed E-state index contributed by atoms with van der Waals surface area (Å²) in [4.78, 5) is 14.6. The van der Waals surface area contributed by atoms with E-state index in [1.165, 1.54) is 13.0 Å². The summed E-state index contributed by atoms with van der Waals surface area (Å²) < 4.78 is 5.12. The second-order valence-corrected chi connectivity index (χ2v) is 5.71. The molecule has 1 fully saturated rings. The molecule has 0 unspecified atom stereocenters. The largest absolute Gasteiger partial charge is 0.497 e. The van der Waals surface area contributed by atoms with Crippen molar-refractivity contribution in [2.24, 2.45) is 0 Å². The molecule has 1 aliphatic heterocycles. The van der Waals surface area contributed by atoms with Crippen LogP contribution in [0, 0.1) is 0 Å². The van der Waals surface area contributed by atoms with Crippen LogP contribution in [-0.2, 0) is 11.2 Å². The number of benzene rings is 1. The van der Waals surface area contributed by atoms with Gasteiger partial charge in [-0.25, -0.2) is 0 Å². The third kappa shape index (κ3) is 5.05. The molecule has 1 heterocycles. The smallest absolute Gasteiger partial charge is 0.224 e. The summed E-state index contributed by atoms with van der Waals surface area (Å²) in [5.74, 6) is 0.941. The highest BCUT2D eigenvalue weighted by Crippen LogP contribution is 2.13. The van der Waals surface area contributed by atoms with Gasteiger partial charge in [0.15, 0.2) is 0 Å². The van der Waals surface area contributed by atoms with E-state index in [0.717, 1.165) is 37.2 Å². The van der Waals surface area contributed by atoms with Crippen LogP contribution < -0.4 is 10.1 Å². The molecule has 0 saturated carbocycles. The Labute approximate surface area is 127 Å². The Balaban J connectivity index is 1.74. The number of carbonyl (C=O) groups excluding carboxylic acids is 1. The Hall–Kier alpha value is -1.55. The number of amides is 1. The summed E-state index contributed by atoms with van der Waals surface area (Å²) in [7, 11) is 1.65. The molecule has 4 nitrogen and oxygen atoms in total. The zero-order valence-electron chi connectivity index (χ0n) is 13.1. The maximum atomic E-state index is 12.1. The van der Waals surface area contributed by atoms with E-state index in [2.05, 4.69) is 17.1 Å². The van der Waals surface area contributed by atoms with Gasteiger partial charge in [0.2, 0.25) is 5.91 Å². The summed E-state index contributed by atoms with van der Waals surface area (Å²) in [5, 5.41) is 3.16. The van der Waals surface area contributed by atoms with Crippen LogP contribution in [0.2, 0.25) is 0 Å². The van der Waals surface area contributed by atoms with Crippen LogP contribution in [-0.4, -0.2) is 43.6 Å². The van der Waals surface area contributed by atoms with Crippen molar-refractivity contribution in [3.05, 3.63) is 29.8 Å². The predicted molar refractivity (Wildman–Crippen MR) is 84.6 cm³/mol. The Morgan fingerprint density at radius 2 is 1.95 bits per heavy atom. The lowest BCUT2D eigenvalue weighted by Crippen LogP contribution is -2.45. The van der Waals surface area contributed by atoms with E-state index in [-0.39, 0.29) is 5.91 Å². The molecule has 1 amide bonds. The number of rotatable bonds is 6. The van der Waals surface area contributed by atoms with Crippen molar-refractivity contribution >= 4 is 5.91 Å². The number of ether oxygens (including phenoxy) is 1. The highest BCUT2D eigenvalue weighted by atomic mass is 16.5. The van der Waals surface area contributed by atoms with E-state index < -0.39 is 0 Å². The molecule has 1 saturated heterocycles. The van der Waals surface area contributed by atoms with Crippen LogP contribution in [0.25, 0.3) is 0 Å². The molecule has 1 N–H and O–H groups in total. The third-order valence-corrected chi connectivity index (χ3v) is 4.02. The van der Waals surface area contributed by atoms with Gasteiger partial charge in [0.1, 0.15) is 5.75 Å². The van der Waals surface area contributed by atoms with Crippen molar-refractivity contribution in [2.75, 3.05) is 26.7 Å². The van der Waals surface area contributed by atoms with Gasteiger partial charge in [-0.3, -0.25) is 4.79 Å². The molecule has 0 bridgehead atoms. The molecule has 0 aromatic heterocycles. The zero-order chi connectivity index (χ0) is 15.1. The van der Waals surface area contributed by atoms with Crippen molar-refractivity contribution in [1.82, 2.24) is 10.2 Å². The maximum Gasteiger partial charge on any atom is 0.224 e. The predicted octanol–water partition coefficient (Wildman–Crippen LogP) is 2.23. The molecular formula is C17H26N2O2. The molecule has 1 aromatic rings. The van der Waals surface area contributed by atoms with Gasteiger partial charge in [0, 0.05) is 19.1 Å². The Morgan fingerprint density at radius 1 is 1.29 bits per heavy atom. The Bertz CT molecular complexity index is 437. The lowest BCUT2D eigenvalue weighted by Gasteiger charge is -2.32. The first-order valence-corrected chi connectivity index (χ1v) is 7.86. The number of hydrogen-bond acceptors (Lipinski definition) is 3. The minimum Gasteiger partial charge on any atom is -0.497 e. The summed E-state index contributed by atoms with van der Waals surface area (Å²) in [6, 6.07) is 8.02. The van der Waals surface area contributed by atoms with Crippen molar-refractivity contribution < 1.29 is 9.53 Å². The molecule has 0 atom stereocenters. The topological polar surface area (TPSA) is 41.6 Å². The minimum atomic E-state index is 0.120. The fourth-order valence-electron chi connectivity index (χ4n) is 2.82. The lowest BCUT2D eigenvalue weighted by molar-refractivity contribution is -0.121. The highest BCUT2D eigenvalue weighted by molar-refractivity contribution is 5.78. The van der Waals surface area contributed by atoms with Gasteiger partial charge in [0.25, 0.3) is 0 Å². The molecule has 21 heavy (non-hydrogen) atoms. The number of carbonyl (C=O) groups is 1. The molecular weight excluding hydrogens is 264 g/mol. The second kappa shape index (κ2) is 8.03. The van der Waals surface area contributed by atoms with Gasteiger partial charge in [-0.05, 0) is 43.5 Å². The molecule has 2 rings (SSSR count). The number of nitrogens with one attached hydrogen (secondary N) is 1. The first-order chi connectivity index (χ1) is 10.2. The third-order valence-electron chi connectivity index (χ3n) is 4.02. The van der Waals surface area contributed by atoms with Gasteiger partial charge in [-0.2, -0.15) is 0 Å². The molecule has 0 aliphatic carbocycles. The van der Waals surface area contributed by atoms with Gasteiger partial charge in [-0.1, -0.05) is 19.1 Å². The van der Waals surface area contributed by atoms with Crippen molar-refractivity contribution in [3.63, 3.8) is 0 Å². The molecule has 1 aromatic carbocycles. The Morgan fingerprint density at radius 3 is 2.52 bits per heavy atom. The van der Waals surface area contributed by atoms with Crippen LogP contribution in [0.15, 0.2) is 24.3 Å². The number of piperidine rings is 1. The zero-order valence-corrected chi connectivity index (χ0v) is 13.1. The Kier molecular flexibility index (Phi) is 6.05.